The van der Waals surface area contributed by atoms with Gasteiger partial charge in [0.25, 0.3) is 5.91 Å². The second kappa shape index (κ2) is 10.6. The van der Waals surface area contributed by atoms with Gasteiger partial charge in [0.2, 0.25) is 0 Å². The number of nitrogens with zero attached hydrogens (tertiary/aromatic N) is 4. The highest BCUT2D eigenvalue weighted by Crippen LogP contribution is 2.27. The van der Waals surface area contributed by atoms with E-state index in [1.165, 1.54) is 6.33 Å². The molecule has 4 rings (SSSR count). The van der Waals surface area contributed by atoms with Gasteiger partial charge in [-0.1, -0.05) is 37.3 Å². The third-order valence-electron chi connectivity index (χ3n) is 5.37. The van der Waals surface area contributed by atoms with Crippen molar-refractivity contribution in [2.24, 2.45) is 0 Å². The SMILES string of the molecule is CNC(=O)c1ccnc2c([C@H](C)CNc3cc(-c4ccc(C#N)cc4)ncn3)cccc12.S. The number of nitrogens with one attached hydrogen (secondary N) is 2. The number of hydrogen-bond acceptors (Lipinski definition) is 6. The summed E-state index contributed by atoms with van der Waals surface area (Å²) in [6, 6.07) is 18.9. The third-order valence-corrected chi connectivity index (χ3v) is 5.37. The monoisotopic (exact) mass is 456 g/mol. The normalized spacial score (nSPS) is 11.2. The van der Waals surface area contributed by atoms with E-state index in [1.54, 1.807) is 31.4 Å². The zero-order valence-electron chi connectivity index (χ0n) is 18.3. The van der Waals surface area contributed by atoms with E-state index in [-0.39, 0.29) is 25.3 Å². The van der Waals surface area contributed by atoms with Crippen LogP contribution in [0.2, 0.25) is 0 Å². The lowest BCUT2D eigenvalue weighted by atomic mass is 9.96. The number of hydrogen-bond donors (Lipinski definition) is 2. The van der Waals surface area contributed by atoms with Crippen LogP contribution in [-0.4, -0.2) is 34.5 Å². The molecular formula is C25H24N6OS. The summed E-state index contributed by atoms with van der Waals surface area (Å²) in [5, 5.41) is 15.9. The summed E-state index contributed by atoms with van der Waals surface area (Å²) in [6.45, 7) is 2.74. The van der Waals surface area contributed by atoms with Crippen LogP contribution in [0.25, 0.3) is 22.2 Å². The molecule has 4 aromatic rings. The zero-order chi connectivity index (χ0) is 22.5. The van der Waals surface area contributed by atoms with Crippen molar-refractivity contribution in [3.05, 3.63) is 83.8 Å². The molecule has 0 aliphatic carbocycles. The zero-order valence-corrected chi connectivity index (χ0v) is 19.3. The van der Waals surface area contributed by atoms with E-state index in [0.717, 1.165) is 27.7 Å². The Bertz CT molecular complexity index is 1320. The highest BCUT2D eigenvalue weighted by Gasteiger charge is 2.15. The number of benzene rings is 2. The van der Waals surface area contributed by atoms with Crippen molar-refractivity contribution < 1.29 is 4.79 Å². The molecule has 0 spiro atoms. The predicted molar refractivity (Wildman–Crippen MR) is 135 cm³/mol. The van der Waals surface area contributed by atoms with Crippen molar-refractivity contribution in [3.63, 3.8) is 0 Å². The Morgan fingerprint density at radius 3 is 2.61 bits per heavy atom. The number of para-hydroxylation sites is 1. The summed E-state index contributed by atoms with van der Waals surface area (Å²) in [4.78, 5) is 25.4. The number of nitriles is 1. The molecule has 0 bridgehead atoms. The van der Waals surface area contributed by atoms with Gasteiger partial charge in [-0.2, -0.15) is 18.8 Å². The second-order valence-corrected chi connectivity index (χ2v) is 7.44. The minimum atomic E-state index is -0.128. The van der Waals surface area contributed by atoms with Crippen molar-refractivity contribution >= 4 is 36.1 Å². The van der Waals surface area contributed by atoms with Gasteiger partial charge in [-0.3, -0.25) is 9.78 Å². The first-order valence-electron chi connectivity index (χ1n) is 10.3. The minimum absolute atomic E-state index is 0. The fourth-order valence-corrected chi connectivity index (χ4v) is 3.62. The van der Waals surface area contributed by atoms with E-state index in [0.29, 0.717) is 23.5 Å². The van der Waals surface area contributed by atoms with E-state index in [9.17, 15) is 4.79 Å². The topological polar surface area (TPSA) is 104 Å². The molecule has 166 valence electrons. The van der Waals surface area contributed by atoms with Gasteiger partial charge in [-0.15, -0.1) is 0 Å². The first-order valence-corrected chi connectivity index (χ1v) is 10.3. The van der Waals surface area contributed by atoms with Crippen LogP contribution in [0.1, 0.15) is 34.3 Å². The highest BCUT2D eigenvalue weighted by molar-refractivity contribution is 7.59. The van der Waals surface area contributed by atoms with Gasteiger partial charge < -0.3 is 10.6 Å². The average molecular weight is 457 g/mol. The Kier molecular flexibility index (Phi) is 7.59. The lowest BCUT2D eigenvalue weighted by Crippen LogP contribution is -2.18. The fraction of sp³-hybridized carbons (Fsp3) is 0.160. The molecule has 2 N–H and O–H groups in total. The molecule has 0 saturated heterocycles. The summed E-state index contributed by atoms with van der Waals surface area (Å²) in [7, 11) is 1.62. The number of amides is 1. The quantitative estimate of drug-likeness (QED) is 0.450. The maximum Gasteiger partial charge on any atom is 0.251 e. The first-order chi connectivity index (χ1) is 15.6. The summed E-state index contributed by atoms with van der Waals surface area (Å²) >= 11 is 0. The number of carbonyl (C=O) groups is 1. The van der Waals surface area contributed by atoms with Crippen molar-refractivity contribution in [1.29, 1.82) is 5.26 Å². The van der Waals surface area contributed by atoms with Crippen LogP contribution in [0.15, 0.2) is 67.1 Å². The van der Waals surface area contributed by atoms with Gasteiger partial charge in [0.05, 0.1) is 28.4 Å². The number of rotatable bonds is 6. The summed E-state index contributed by atoms with van der Waals surface area (Å²) < 4.78 is 0. The summed E-state index contributed by atoms with van der Waals surface area (Å²) in [6.07, 6.45) is 3.19. The van der Waals surface area contributed by atoms with E-state index in [4.69, 9.17) is 5.26 Å². The first kappa shape index (κ1) is 23.7. The van der Waals surface area contributed by atoms with Crippen LogP contribution in [0, 0.1) is 11.3 Å². The maximum atomic E-state index is 12.2. The second-order valence-electron chi connectivity index (χ2n) is 7.44. The summed E-state index contributed by atoms with van der Waals surface area (Å²) in [5.41, 5.74) is 4.80. The van der Waals surface area contributed by atoms with Crippen molar-refractivity contribution in [2.75, 3.05) is 18.9 Å². The van der Waals surface area contributed by atoms with Gasteiger partial charge in [0.15, 0.2) is 0 Å². The molecular weight excluding hydrogens is 432 g/mol. The van der Waals surface area contributed by atoms with Crippen LogP contribution >= 0.6 is 13.5 Å². The largest absolute Gasteiger partial charge is 0.369 e. The maximum absolute atomic E-state index is 12.2. The summed E-state index contributed by atoms with van der Waals surface area (Å²) in [5.74, 6) is 0.710. The van der Waals surface area contributed by atoms with Gasteiger partial charge in [0, 0.05) is 42.7 Å². The molecule has 2 heterocycles. The third kappa shape index (κ3) is 5.10. The molecule has 0 aliphatic heterocycles. The Labute approximate surface area is 199 Å². The minimum Gasteiger partial charge on any atom is -0.369 e. The molecule has 2 aromatic heterocycles. The average Bonchev–Trinajstić information content (AvgIpc) is 2.86. The Morgan fingerprint density at radius 2 is 1.88 bits per heavy atom. The Hall–Kier alpha value is -3.96. The smallest absolute Gasteiger partial charge is 0.251 e. The van der Waals surface area contributed by atoms with E-state index in [2.05, 4.69) is 38.6 Å². The van der Waals surface area contributed by atoms with Crippen LogP contribution in [-0.2, 0) is 0 Å². The number of pyridine rings is 1. The van der Waals surface area contributed by atoms with Gasteiger partial charge >= 0.3 is 0 Å². The van der Waals surface area contributed by atoms with Gasteiger partial charge in [-0.25, -0.2) is 9.97 Å². The van der Waals surface area contributed by atoms with Crippen LogP contribution < -0.4 is 10.6 Å². The van der Waals surface area contributed by atoms with Gasteiger partial charge in [0.1, 0.15) is 12.1 Å². The Morgan fingerprint density at radius 1 is 1.09 bits per heavy atom. The number of carbonyl (C=O) groups excluding carboxylic acids is 1. The van der Waals surface area contributed by atoms with Crippen LogP contribution in [0.3, 0.4) is 0 Å². The molecule has 2 aromatic carbocycles. The van der Waals surface area contributed by atoms with E-state index in [1.807, 2.05) is 36.4 Å². The predicted octanol–water partition coefficient (Wildman–Crippen LogP) is 4.25. The molecule has 0 fully saturated rings. The fourth-order valence-electron chi connectivity index (χ4n) is 3.62. The molecule has 1 atom stereocenters. The van der Waals surface area contributed by atoms with Crippen molar-refractivity contribution in [3.8, 4) is 17.3 Å². The molecule has 7 nitrogen and oxygen atoms in total. The lowest BCUT2D eigenvalue weighted by molar-refractivity contribution is 0.0964. The van der Waals surface area contributed by atoms with E-state index < -0.39 is 0 Å². The number of aromatic nitrogens is 3. The Balaban J connectivity index is 0.00000306. The van der Waals surface area contributed by atoms with Crippen molar-refractivity contribution in [1.82, 2.24) is 20.3 Å². The number of fused-ring (bicyclic) bond motifs is 1. The van der Waals surface area contributed by atoms with Crippen LogP contribution in [0.5, 0.6) is 0 Å². The molecule has 0 radical (unpaired) electrons. The lowest BCUT2D eigenvalue weighted by Gasteiger charge is -2.16. The van der Waals surface area contributed by atoms with Crippen molar-refractivity contribution in [2.45, 2.75) is 12.8 Å². The molecule has 1 amide bonds. The highest BCUT2D eigenvalue weighted by atomic mass is 32.1. The molecule has 33 heavy (non-hydrogen) atoms. The molecule has 0 aliphatic rings. The van der Waals surface area contributed by atoms with Crippen LogP contribution in [0.4, 0.5) is 5.82 Å². The molecule has 8 heteroatoms. The molecule has 0 saturated carbocycles. The van der Waals surface area contributed by atoms with E-state index >= 15 is 0 Å². The molecule has 0 unspecified atom stereocenters. The van der Waals surface area contributed by atoms with Gasteiger partial charge in [-0.05, 0) is 23.8 Å². The standard InChI is InChI=1S/C25H22N6O.H2S/c1-16(19-4-3-5-20-21(25(32)27-2)10-11-28-24(19)20)14-29-23-12-22(30-15-31-23)18-8-6-17(13-26)7-9-18;/h3-12,15-16H,14H2,1-2H3,(H,27,32)(H,29,30,31);1H2/t16-;/m1./s1. The number of anilines is 1.